The highest BCUT2D eigenvalue weighted by atomic mass is 15.0. The molecule has 0 amide bonds. The Bertz CT molecular complexity index is 68.5. The lowest BCUT2D eigenvalue weighted by Gasteiger charge is -2.26. The largest absolute Gasteiger partial charge is 0.316 e. The Morgan fingerprint density at radius 1 is 1.12 bits per heavy atom. The molecule has 1 aliphatic carbocycles. The third-order valence-corrected chi connectivity index (χ3v) is 1.96. The standard InChI is InChI=1S/C5H9N.C2H6/c1-2-5(1)3-6-4-5;1-2/h6H,1-4H2;1-2H3. The van der Waals surface area contributed by atoms with Crippen LogP contribution in [0.2, 0.25) is 0 Å². The molecule has 0 unspecified atom stereocenters. The van der Waals surface area contributed by atoms with Gasteiger partial charge in [-0.05, 0) is 18.3 Å². The fourth-order valence-electron chi connectivity index (χ4n) is 1.01. The molecule has 2 rings (SSSR count). The third kappa shape index (κ3) is 0.873. The summed E-state index contributed by atoms with van der Waals surface area (Å²) in [6, 6.07) is 0. The summed E-state index contributed by atoms with van der Waals surface area (Å²) in [7, 11) is 0. The van der Waals surface area contributed by atoms with E-state index in [1.165, 1.54) is 25.9 Å². The van der Waals surface area contributed by atoms with E-state index >= 15 is 0 Å². The summed E-state index contributed by atoms with van der Waals surface area (Å²) in [5.74, 6) is 0. The molecular formula is C7H15N. The first-order valence-corrected chi connectivity index (χ1v) is 3.62. The van der Waals surface area contributed by atoms with E-state index in [-0.39, 0.29) is 0 Å². The van der Waals surface area contributed by atoms with Crippen LogP contribution < -0.4 is 5.32 Å². The molecule has 1 aliphatic heterocycles. The molecule has 48 valence electrons. The molecule has 1 nitrogen and oxygen atoms in total. The van der Waals surface area contributed by atoms with Gasteiger partial charge in [0.05, 0.1) is 0 Å². The van der Waals surface area contributed by atoms with Crippen LogP contribution in [0.5, 0.6) is 0 Å². The first-order valence-electron chi connectivity index (χ1n) is 3.62. The Labute approximate surface area is 51.5 Å². The van der Waals surface area contributed by atoms with Crippen LogP contribution in [0.4, 0.5) is 0 Å². The zero-order valence-corrected chi connectivity index (χ0v) is 5.83. The lowest BCUT2D eigenvalue weighted by atomic mass is 10.0. The lowest BCUT2D eigenvalue weighted by molar-refractivity contribution is 0.324. The predicted octanol–water partition coefficient (Wildman–Crippen LogP) is 1.40. The molecule has 2 aliphatic rings. The van der Waals surface area contributed by atoms with Gasteiger partial charge < -0.3 is 5.32 Å². The van der Waals surface area contributed by atoms with Gasteiger partial charge >= 0.3 is 0 Å². The number of nitrogens with one attached hydrogen (secondary N) is 1. The highest BCUT2D eigenvalue weighted by Crippen LogP contribution is 2.48. The molecule has 1 saturated carbocycles. The number of hydrogen-bond acceptors (Lipinski definition) is 1. The van der Waals surface area contributed by atoms with Crippen molar-refractivity contribution in [2.24, 2.45) is 5.41 Å². The predicted molar refractivity (Wildman–Crippen MR) is 35.9 cm³/mol. The first-order chi connectivity index (χ1) is 3.91. The minimum atomic E-state index is 0.861. The number of rotatable bonds is 0. The van der Waals surface area contributed by atoms with Gasteiger partial charge in [0.25, 0.3) is 0 Å². The van der Waals surface area contributed by atoms with E-state index < -0.39 is 0 Å². The van der Waals surface area contributed by atoms with Gasteiger partial charge in [0.1, 0.15) is 0 Å². The molecule has 1 spiro atoms. The molecule has 0 radical (unpaired) electrons. The zero-order chi connectivity index (χ0) is 6.04. The molecule has 8 heavy (non-hydrogen) atoms. The summed E-state index contributed by atoms with van der Waals surface area (Å²) in [4.78, 5) is 0. The van der Waals surface area contributed by atoms with Gasteiger partial charge in [-0.2, -0.15) is 0 Å². The summed E-state index contributed by atoms with van der Waals surface area (Å²) in [5.41, 5.74) is 0.861. The van der Waals surface area contributed by atoms with Gasteiger partial charge in [-0.1, -0.05) is 13.8 Å². The summed E-state index contributed by atoms with van der Waals surface area (Å²) >= 11 is 0. The maximum atomic E-state index is 3.26. The molecule has 0 atom stereocenters. The van der Waals surface area contributed by atoms with Crippen LogP contribution in [0.25, 0.3) is 0 Å². The highest BCUT2D eigenvalue weighted by Gasteiger charge is 2.47. The Morgan fingerprint density at radius 2 is 1.62 bits per heavy atom. The van der Waals surface area contributed by atoms with Crippen LogP contribution in [0.15, 0.2) is 0 Å². The van der Waals surface area contributed by atoms with Crippen molar-refractivity contribution < 1.29 is 0 Å². The second kappa shape index (κ2) is 2.06. The molecule has 0 bridgehead atoms. The molecule has 1 heteroatoms. The summed E-state index contributed by atoms with van der Waals surface area (Å²) in [6.45, 7) is 6.62. The topological polar surface area (TPSA) is 12.0 Å². The Hall–Kier alpha value is -0.0400. The average Bonchev–Trinajstić information content (AvgIpc) is 2.46. The van der Waals surface area contributed by atoms with E-state index in [0.717, 1.165) is 5.41 Å². The molecule has 1 heterocycles. The molecular weight excluding hydrogens is 98.1 g/mol. The van der Waals surface area contributed by atoms with E-state index in [1.807, 2.05) is 13.8 Å². The summed E-state index contributed by atoms with van der Waals surface area (Å²) in [5, 5.41) is 3.26. The lowest BCUT2D eigenvalue weighted by Crippen LogP contribution is -2.43. The second-order valence-electron chi connectivity index (χ2n) is 2.60. The monoisotopic (exact) mass is 113 g/mol. The fraction of sp³-hybridized carbons (Fsp3) is 1.00. The van der Waals surface area contributed by atoms with Crippen molar-refractivity contribution in [1.82, 2.24) is 5.32 Å². The summed E-state index contributed by atoms with van der Waals surface area (Å²) < 4.78 is 0. The SMILES string of the molecule is C1CC12CNC2.CC. The maximum absolute atomic E-state index is 3.26. The van der Waals surface area contributed by atoms with Crippen molar-refractivity contribution in [3.63, 3.8) is 0 Å². The quantitative estimate of drug-likeness (QED) is 0.500. The van der Waals surface area contributed by atoms with E-state index in [9.17, 15) is 0 Å². The van der Waals surface area contributed by atoms with E-state index in [4.69, 9.17) is 0 Å². The normalized spacial score (nSPS) is 27.8. The molecule has 1 N–H and O–H groups in total. The van der Waals surface area contributed by atoms with Gasteiger partial charge in [0.15, 0.2) is 0 Å². The summed E-state index contributed by atoms with van der Waals surface area (Å²) in [6.07, 6.45) is 3.00. The highest BCUT2D eigenvalue weighted by molar-refractivity contribution is 5.03. The Kier molecular flexibility index (Phi) is 1.57. The first kappa shape index (κ1) is 6.09. The van der Waals surface area contributed by atoms with Crippen molar-refractivity contribution in [1.29, 1.82) is 0 Å². The van der Waals surface area contributed by atoms with Gasteiger partial charge in [0, 0.05) is 13.1 Å². The van der Waals surface area contributed by atoms with E-state index in [2.05, 4.69) is 5.32 Å². The van der Waals surface area contributed by atoms with Gasteiger partial charge in [-0.15, -0.1) is 0 Å². The smallest absolute Gasteiger partial charge is 0.00202 e. The molecule has 0 aromatic carbocycles. The molecule has 0 aromatic heterocycles. The van der Waals surface area contributed by atoms with Crippen LogP contribution in [-0.2, 0) is 0 Å². The van der Waals surface area contributed by atoms with Crippen molar-refractivity contribution in [3.05, 3.63) is 0 Å². The second-order valence-corrected chi connectivity index (χ2v) is 2.60. The van der Waals surface area contributed by atoms with Gasteiger partial charge in [-0.3, -0.25) is 0 Å². The van der Waals surface area contributed by atoms with E-state index in [0.29, 0.717) is 0 Å². The molecule has 2 fully saturated rings. The number of hydrogen-bond donors (Lipinski definition) is 1. The van der Waals surface area contributed by atoms with Crippen LogP contribution in [0.3, 0.4) is 0 Å². The van der Waals surface area contributed by atoms with Crippen LogP contribution in [0.1, 0.15) is 26.7 Å². The van der Waals surface area contributed by atoms with Crippen LogP contribution in [0, 0.1) is 5.41 Å². The fourth-order valence-corrected chi connectivity index (χ4v) is 1.01. The van der Waals surface area contributed by atoms with E-state index in [1.54, 1.807) is 0 Å². The van der Waals surface area contributed by atoms with Gasteiger partial charge in [-0.25, -0.2) is 0 Å². The molecule has 0 aromatic rings. The minimum absolute atomic E-state index is 0.861. The maximum Gasteiger partial charge on any atom is 0.00202 e. The van der Waals surface area contributed by atoms with Crippen LogP contribution in [-0.4, -0.2) is 13.1 Å². The Morgan fingerprint density at radius 3 is 1.62 bits per heavy atom. The third-order valence-electron chi connectivity index (χ3n) is 1.96. The Balaban J connectivity index is 0.000000147. The van der Waals surface area contributed by atoms with Gasteiger partial charge in [0.2, 0.25) is 0 Å². The average molecular weight is 113 g/mol. The van der Waals surface area contributed by atoms with Crippen molar-refractivity contribution in [2.45, 2.75) is 26.7 Å². The molecule has 1 saturated heterocycles. The zero-order valence-electron chi connectivity index (χ0n) is 5.83. The van der Waals surface area contributed by atoms with Crippen molar-refractivity contribution in [2.75, 3.05) is 13.1 Å². The minimum Gasteiger partial charge on any atom is -0.316 e. The van der Waals surface area contributed by atoms with Crippen LogP contribution >= 0.6 is 0 Å². The van der Waals surface area contributed by atoms with Crippen molar-refractivity contribution in [3.8, 4) is 0 Å². The van der Waals surface area contributed by atoms with Crippen molar-refractivity contribution >= 4 is 0 Å².